The summed E-state index contributed by atoms with van der Waals surface area (Å²) < 4.78 is 1.75. The maximum atomic E-state index is 11.8. The molecule has 0 atom stereocenters. The SMILES string of the molecule is O=C1NCCn2nc(-c3ccnc(-c4nccs4)c3)cc21. The zero-order valence-corrected chi connectivity index (χ0v) is 11.8. The lowest BCUT2D eigenvalue weighted by molar-refractivity contribution is 0.0924. The summed E-state index contributed by atoms with van der Waals surface area (Å²) >= 11 is 1.54. The van der Waals surface area contributed by atoms with E-state index in [-0.39, 0.29) is 5.91 Å². The Bertz CT molecular complexity index is 809. The zero-order chi connectivity index (χ0) is 14.2. The summed E-state index contributed by atoms with van der Waals surface area (Å²) in [4.78, 5) is 20.4. The normalized spacial score (nSPS) is 13.8. The first-order valence-corrected chi connectivity index (χ1v) is 7.41. The van der Waals surface area contributed by atoms with Gasteiger partial charge in [-0.25, -0.2) is 4.98 Å². The number of nitrogens with zero attached hydrogens (tertiary/aromatic N) is 4. The monoisotopic (exact) mass is 297 g/mol. The molecule has 3 aromatic heterocycles. The molecule has 1 amide bonds. The Morgan fingerprint density at radius 3 is 2.95 bits per heavy atom. The van der Waals surface area contributed by atoms with Crippen LogP contribution in [0.15, 0.2) is 36.0 Å². The van der Waals surface area contributed by atoms with Gasteiger partial charge in [-0.3, -0.25) is 14.5 Å². The summed E-state index contributed by atoms with van der Waals surface area (Å²) in [5.41, 5.74) is 3.13. The number of pyridine rings is 1. The van der Waals surface area contributed by atoms with Gasteiger partial charge in [-0.15, -0.1) is 11.3 Å². The number of rotatable bonds is 2. The molecule has 3 aromatic rings. The predicted octanol–water partition coefficient (Wildman–Crippen LogP) is 1.81. The molecule has 6 nitrogen and oxygen atoms in total. The summed E-state index contributed by atoms with van der Waals surface area (Å²) in [5, 5.41) is 10.1. The Morgan fingerprint density at radius 2 is 2.14 bits per heavy atom. The number of fused-ring (bicyclic) bond motifs is 1. The highest BCUT2D eigenvalue weighted by atomic mass is 32.1. The molecular formula is C14H11N5OS. The number of hydrogen-bond acceptors (Lipinski definition) is 5. The molecule has 21 heavy (non-hydrogen) atoms. The molecule has 4 rings (SSSR count). The van der Waals surface area contributed by atoms with Gasteiger partial charge in [0.1, 0.15) is 10.7 Å². The van der Waals surface area contributed by atoms with E-state index >= 15 is 0 Å². The number of thiazole rings is 1. The second kappa shape index (κ2) is 4.78. The topological polar surface area (TPSA) is 72.7 Å². The molecule has 0 saturated carbocycles. The third-order valence-electron chi connectivity index (χ3n) is 3.33. The Kier molecular flexibility index (Phi) is 2.78. The molecule has 0 spiro atoms. The Hall–Kier alpha value is -2.54. The van der Waals surface area contributed by atoms with Crippen LogP contribution in [0.5, 0.6) is 0 Å². The fraction of sp³-hybridized carbons (Fsp3) is 0.143. The predicted molar refractivity (Wildman–Crippen MR) is 78.9 cm³/mol. The Balaban J connectivity index is 1.77. The maximum absolute atomic E-state index is 11.8. The third kappa shape index (κ3) is 2.11. The van der Waals surface area contributed by atoms with E-state index in [9.17, 15) is 4.79 Å². The molecule has 0 saturated heterocycles. The van der Waals surface area contributed by atoms with Crippen molar-refractivity contribution >= 4 is 17.2 Å². The van der Waals surface area contributed by atoms with E-state index in [1.165, 1.54) is 0 Å². The van der Waals surface area contributed by atoms with Crippen LogP contribution in [0.4, 0.5) is 0 Å². The molecule has 0 radical (unpaired) electrons. The first-order valence-electron chi connectivity index (χ1n) is 6.53. The smallest absolute Gasteiger partial charge is 0.269 e. The van der Waals surface area contributed by atoms with Crippen molar-refractivity contribution in [1.82, 2.24) is 25.1 Å². The highest BCUT2D eigenvalue weighted by Gasteiger charge is 2.20. The van der Waals surface area contributed by atoms with E-state index in [0.29, 0.717) is 18.8 Å². The van der Waals surface area contributed by atoms with E-state index in [2.05, 4.69) is 20.4 Å². The minimum absolute atomic E-state index is 0.0748. The molecule has 0 aromatic carbocycles. The van der Waals surface area contributed by atoms with Crippen molar-refractivity contribution in [2.45, 2.75) is 6.54 Å². The summed E-state index contributed by atoms with van der Waals surface area (Å²) in [6, 6.07) is 5.66. The van der Waals surface area contributed by atoms with Crippen LogP contribution < -0.4 is 5.32 Å². The fourth-order valence-corrected chi connectivity index (χ4v) is 2.94. The highest BCUT2D eigenvalue weighted by Crippen LogP contribution is 2.25. The number of hydrogen-bond donors (Lipinski definition) is 1. The van der Waals surface area contributed by atoms with Gasteiger partial charge in [0, 0.05) is 29.9 Å². The van der Waals surface area contributed by atoms with Crippen molar-refractivity contribution in [2.75, 3.05) is 6.54 Å². The van der Waals surface area contributed by atoms with Crippen LogP contribution in [0.3, 0.4) is 0 Å². The summed E-state index contributed by atoms with van der Waals surface area (Å²) in [5.74, 6) is -0.0748. The molecule has 0 aliphatic carbocycles. The van der Waals surface area contributed by atoms with E-state index in [0.717, 1.165) is 22.0 Å². The molecule has 1 N–H and O–H groups in total. The molecule has 1 aliphatic heterocycles. The average molecular weight is 297 g/mol. The molecule has 0 unspecified atom stereocenters. The standard InChI is InChI=1S/C14H11N5OS/c20-13-12-8-10(18-19(12)5-3-16-13)9-1-2-15-11(7-9)14-17-4-6-21-14/h1-2,4,6-8H,3,5H2,(H,16,20). The highest BCUT2D eigenvalue weighted by molar-refractivity contribution is 7.13. The van der Waals surface area contributed by atoms with Crippen LogP contribution in [-0.2, 0) is 6.54 Å². The lowest BCUT2D eigenvalue weighted by Crippen LogP contribution is -2.35. The summed E-state index contributed by atoms with van der Waals surface area (Å²) in [6.07, 6.45) is 3.50. The van der Waals surface area contributed by atoms with Crippen LogP contribution in [0.2, 0.25) is 0 Å². The van der Waals surface area contributed by atoms with Crippen LogP contribution in [-0.4, -0.2) is 32.2 Å². The number of nitrogens with one attached hydrogen (secondary N) is 1. The van der Waals surface area contributed by atoms with Gasteiger partial charge in [0.25, 0.3) is 5.91 Å². The van der Waals surface area contributed by atoms with E-state index in [1.807, 2.05) is 23.6 Å². The molecule has 104 valence electrons. The van der Waals surface area contributed by atoms with Gasteiger partial charge in [-0.2, -0.15) is 5.10 Å². The third-order valence-corrected chi connectivity index (χ3v) is 4.12. The summed E-state index contributed by atoms with van der Waals surface area (Å²) in [6.45, 7) is 1.32. The molecule has 0 bridgehead atoms. The van der Waals surface area contributed by atoms with Crippen molar-refractivity contribution in [1.29, 1.82) is 0 Å². The van der Waals surface area contributed by atoms with Crippen LogP contribution in [0.1, 0.15) is 10.5 Å². The second-order valence-electron chi connectivity index (χ2n) is 4.66. The number of carbonyl (C=O) groups excluding carboxylic acids is 1. The molecule has 0 fully saturated rings. The van der Waals surface area contributed by atoms with Gasteiger partial charge in [-0.05, 0) is 18.2 Å². The minimum atomic E-state index is -0.0748. The first kappa shape index (κ1) is 12.2. The van der Waals surface area contributed by atoms with Crippen LogP contribution in [0, 0.1) is 0 Å². The number of carbonyl (C=O) groups is 1. The quantitative estimate of drug-likeness (QED) is 0.783. The minimum Gasteiger partial charge on any atom is -0.349 e. The lowest BCUT2D eigenvalue weighted by atomic mass is 10.1. The van der Waals surface area contributed by atoms with Crippen LogP contribution in [0.25, 0.3) is 22.0 Å². The first-order chi connectivity index (χ1) is 10.3. The van der Waals surface area contributed by atoms with Gasteiger partial charge in [0.2, 0.25) is 0 Å². The van der Waals surface area contributed by atoms with E-state index < -0.39 is 0 Å². The maximum Gasteiger partial charge on any atom is 0.269 e. The number of aromatic nitrogens is 4. The van der Waals surface area contributed by atoms with Crippen molar-refractivity contribution in [3.63, 3.8) is 0 Å². The van der Waals surface area contributed by atoms with Gasteiger partial charge >= 0.3 is 0 Å². The van der Waals surface area contributed by atoms with Crippen molar-refractivity contribution in [3.8, 4) is 22.0 Å². The van der Waals surface area contributed by atoms with Crippen LogP contribution >= 0.6 is 11.3 Å². The van der Waals surface area contributed by atoms with Gasteiger partial charge in [0.05, 0.1) is 17.9 Å². The largest absolute Gasteiger partial charge is 0.349 e. The average Bonchev–Trinajstić information content (AvgIpc) is 3.18. The molecule has 4 heterocycles. The summed E-state index contributed by atoms with van der Waals surface area (Å²) in [7, 11) is 0. The van der Waals surface area contributed by atoms with Gasteiger partial charge in [-0.1, -0.05) is 0 Å². The molecule has 7 heteroatoms. The van der Waals surface area contributed by atoms with Crippen molar-refractivity contribution in [3.05, 3.63) is 41.7 Å². The van der Waals surface area contributed by atoms with E-state index in [4.69, 9.17) is 0 Å². The molecular weight excluding hydrogens is 286 g/mol. The van der Waals surface area contributed by atoms with Crippen molar-refractivity contribution in [2.24, 2.45) is 0 Å². The Morgan fingerprint density at radius 1 is 1.19 bits per heavy atom. The molecule has 1 aliphatic rings. The van der Waals surface area contributed by atoms with Gasteiger partial charge in [0.15, 0.2) is 0 Å². The van der Waals surface area contributed by atoms with Gasteiger partial charge < -0.3 is 5.32 Å². The Labute approximate surface area is 124 Å². The zero-order valence-electron chi connectivity index (χ0n) is 11.0. The van der Waals surface area contributed by atoms with E-state index in [1.54, 1.807) is 28.4 Å². The lowest BCUT2D eigenvalue weighted by Gasteiger charge is -2.13. The van der Waals surface area contributed by atoms with Crippen molar-refractivity contribution < 1.29 is 4.79 Å². The second-order valence-corrected chi connectivity index (χ2v) is 5.56. The fourth-order valence-electron chi connectivity index (χ4n) is 2.33. The number of amides is 1.